The van der Waals surface area contributed by atoms with E-state index in [2.05, 4.69) is 4.90 Å². The normalized spacial score (nSPS) is 22.8. The topological polar surface area (TPSA) is 32.7 Å². The van der Waals surface area contributed by atoms with Crippen LogP contribution < -0.4 is 0 Å². The summed E-state index contributed by atoms with van der Waals surface area (Å²) in [7, 11) is 0. The van der Waals surface area contributed by atoms with Crippen molar-refractivity contribution in [3.05, 3.63) is 35.4 Å². The third-order valence-electron chi connectivity index (χ3n) is 3.38. The molecule has 1 aromatic rings. The van der Waals surface area contributed by atoms with Crippen LogP contribution in [0.4, 0.5) is 13.2 Å². The van der Waals surface area contributed by atoms with Crippen molar-refractivity contribution in [3.63, 3.8) is 0 Å². The van der Waals surface area contributed by atoms with E-state index in [1.165, 1.54) is 12.1 Å². The number of nitrogens with zero attached hydrogens (tertiary/aromatic N) is 1. The van der Waals surface area contributed by atoms with Gasteiger partial charge in [0.2, 0.25) is 0 Å². The zero-order valence-corrected chi connectivity index (χ0v) is 11.2. The summed E-state index contributed by atoms with van der Waals surface area (Å²) in [6.45, 7) is 4.41. The highest BCUT2D eigenvalue weighted by atomic mass is 19.4. The van der Waals surface area contributed by atoms with E-state index < -0.39 is 17.8 Å². The van der Waals surface area contributed by atoms with Crippen LogP contribution in [0.2, 0.25) is 0 Å². The zero-order valence-electron chi connectivity index (χ0n) is 11.2. The average molecular weight is 289 g/mol. The Morgan fingerprint density at radius 2 is 2.00 bits per heavy atom. The van der Waals surface area contributed by atoms with Crippen LogP contribution in [0.3, 0.4) is 0 Å². The molecule has 1 aromatic carbocycles. The zero-order chi connectivity index (χ0) is 14.8. The summed E-state index contributed by atoms with van der Waals surface area (Å²) in [5.41, 5.74) is -0.203. The van der Waals surface area contributed by atoms with Gasteiger partial charge >= 0.3 is 6.18 Å². The molecule has 6 heteroatoms. The maximum absolute atomic E-state index is 12.5. The molecule has 1 heterocycles. The van der Waals surface area contributed by atoms with E-state index in [9.17, 15) is 18.3 Å². The van der Waals surface area contributed by atoms with E-state index in [0.717, 1.165) is 25.2 Å². The second kappa shape index (κ2) is 6.11. The molecule has 1 N–H and O–H groups in total. The maximum atomic E-state index is 12.5. The van der Waals surface area contributed by atoms with E-state index in [1.54, 1.807) is 0 Å². The maximum Gasteiger partial charge on any atom is 0.416 e. The van der Waals surface area contributed by atoms with E-state index in [0.29, 0.717) is 18.7 Å². The molecule has 0 amide bonds. The van der Waals surface area contributed by atoms with Crippen LogP contribution in [-0.2, 0) is 10.9 Å². The quantitative estimate of drug-likeness (QED) is 0.928. The van der Waals surface area contributed by atoms with Gasteiger partial charge in [0.25, 0.3) is 0 Å². The molecule has 2 atom stereocenters. The largest absolute Gasteiger partial charge is 0.416 e. The van der Waals surface area contributed by atoms with E-state index >= 15 is 0 Å². The molecule has 0 aromatic heterocycles. The van der Waals surface area contributed by atoms with Crippen molar-refractivity contribution < 1.29 is 23.0 Å². The van der Waals surface area contributed by atoms with Crippen molar-refractivity contribution >= 4 is 0 Å². The monoisotopic (exact) mass is 289 g/mol. The van der Waals surface area contributed by atoms with Crippen molar-refractivity contribution in [2.75, 3.05) is 26.2 Å². The Kier molecular flexibility index (Phi) is 4.67. The van der Waals surface area contributed by atoms with Crippen LogP contribution >= 0.6 is 0 Å². The molecule has 0 aliphatic carbocycles. The minimum atomic E-state index is -4.34. The number of hydrogen-bond donors (Lipinski definition) is 1. The Morgan fingerprint density at radius 1 is 1.35 bits per heavy atom. The molecular formula is C14H18F3NO2. The first-order valence-electron chi connectivity index (χ1n) is 6.55. The smallest absolute Gasteiger partial charge is 0.387 e. The van der Waals surface area contributed by atoms with Gasteiger partial charge < -0.3 is 9.84 Å². The highest BCUT2D eigenvalue weighted by molar-refractivity contribution is 5.26. The third-order valence-corrected chi connectivity index (χ3v) is 3.38. The van der Waals surface area contributed by atoms with Crippen molar-refractivity contribution in [2.45, 2.75) is 25.3 Å². The van der Waals surface area contributed by atoms with Gasteiger partial charge in [-0.3, -0.25) is 4.90 Å². The Hall–Kier alpha value is -1.11. The van der Waals surface area contributed by atoms with Crippen molar-refractivity contribution in [3.8, 4) is 0 Å². The molecule has 3 nitrogen and oxygen atoms in total. The van der Waals surface area contributed by atoms with Crippen molar-refractivity contribution in [1.82, 2.24) is 4.90 Å². The number of rotatable bonds is 3. The minimum absolute atomic E-state index is 0.114. The number of alkyl halides is 3. The first-order valence-corrected chi connectivity index (χ1v) is 6.55. The molecular weight excluding hydrogens is 271 g/mol. The molecule has 0 bridgehead atoms. The summed E-state index contributed by atoms with van der Waals surface area (Å²) in [6.07, 6.45) is -5.02. The Labute approximate surface area is 116 Å². The molecule has 20 heavy (non-hydrogen) atoms. The second-order valence-corrected chi connectivity index (χ2v) is 5.08. The SMILES string of the molecule is C[C@@H]1CN(C[C@@H](O)c2ccc(C(F)(F)F)cc2)CCO1. The molecule has 0 saturated carbocycles. The van der Waals surface area contributed by atoms with Gasteiger partial charge in [-0.1, -0.05) is 12.1 Å². The van der Waals surface area contributed by atoms with Gasteiger partial charge in [0.1, 0.15) is 0 Å². The number of morpholine rings is 1. The van der Waals surface area contributed by atoms with Crippen LogP contribution in [0, 0.1) is 0 Å². The van der Waals surface area contributed by atoms with Crippen LogP contribution in [0.5, 0.6) is 0 Å². The Bertz CT molecular complexity index is 433. The third kappa shape index (κ3) is 3.94. The number of β-amino-alcohol motifs (C(OH)–C–C–N with tert-alkyl or cyclic N) is 1. The van der Waals surface area contributed by atoms with Crippen molar-refractivity contribution in [2.24, 2.45) is 0 Å². The number of ether oxygens (including phenoxy) is 1. The molecule has 1 saturated heterocycles. The predicted octanol–water partition coefficient (Wildman–Crippen LogP) is 2.46. The molecule has 2 rings (SSSR count). The van der Waals surface area contributed by atoms with Crippen LogP contribution in [0.15, 0.2) is 24.3 Å². The molecule has 0 unspecified atom stereocenters. The Morgan fingerprint density at radius 3 is 2.55 bits per heavy atom. The standard InChI is InChI=1S/C14H18F3NO2/c1-10-8-18(6-7-20-10)9-13(19)11-2-4-12(5-3-11)14(15,16)17/h2-5,10,13,19H,6-9H2,1H3/t10-,13-/m1/s1. The van der Waals surface area contributed by atoms with Gasteiger partial charge in [-0.15, -0.1) is 0 Å². The fourth-order valence-corrected chi connectivity index (χ4v) is 2.30. The average Bonchev–Trinajstić information content (AvgIpc) is 2.38. The van der Waals surface area contributed by atoms with E-state index in [4.69, 9.17) is 4.74 Å². The Balaban J connectivity index is 1.97. The molecule has 1 aliphatic heterocycles. The van der Waals surface area contributed by atoms with Gasteiger partial charge in [0, 0.05) is 19.6 Å². The number of halogens is 3. The number of hydrogen-bond acceptors (Lipinski definition) is 3. The highest BCUT2D eigenvalue weighted by Gasteiger charge is 2.30. The van der Waals surface area contributed by atoms with E-state index in [-0.39, 0.29) is 6.10 Å². The van der Waals surface area contributed by atoms with E-state index in [1.807, 2.05) is 6.92 Å². The van der Waals surface area contributed by atoms with Gasteiger partial charge in [0.05, 0.1) is 24.4 Å². The lowest BCUT2D eigenvalue weighted by molar-refractivity contribution is -0.137. The predicted molar refractivity (Wildman–Crippen MR) is 68.3 cm³/mol. The molecule has 1 aliphatic rings. The van der Waals surface area contributed by atoms with Crippen LogP contribution in [0.25, 0.3) is 0 Å². The lowest BCUT2D eigenvalue weighted by Gasteiger charge is -2.32. The fourth-order valence-electron chi connectivity index (χ4n) is 2.30. The summed E-state index contributed by atoms with van der Waals surface area (Å²) in [5, 5.41) is 10.1. The minimum Gasteiger partial charge on any atom is -0.387 e. The second-order valence-electron chi connectivity index (χ2n) is 5.08. The molecule has 112 valence electrons. The number of aliphatic hydroxyl groups excluding tert-OH is 1. The van der Waals surface area contributed by atoms with Gasteiger partial charge in [0.15, 0.2) is 0 Å². The van der Waals surface area contributed by atoms with Gasteiger partial charge in [-0.25, -0.2) is 0 Å². The summed E-state index contributed by atoms with van der Waals surface area (Å²) in [6, 6.07) is 4.66. The summed E-state index contributed by atoms with van der Waals surface area (Å²) in [4.78, 5) is 2.05. The lowest BCUT2D eigenvalue weighted by atomic mass is 10.1. The first kappa shape index (κ1) is 15.3. The molecule has 0 spiro atoms. The molecule has 0 radical (unpaired) electrons. The van der Waals surface area contributed by atoms with Gasteiger partial charge in [-0.05, 0) is 24.6 Å². The van der Waals surface area contributed by atoms with Crippen LogP contribution in [0.1, 0.15) is 24.2 Å². The van der Waals surface area contributed by atoms with Crippen molar-refractivity contribution in [1.29, 1.82) is 0 Å². The first-order chi connectivity index (χ1) is 9.36. The fraction of sp³-hybridized carbons (Fsp3) is 0.571. The van der Waals surface area contributed by atoms with Gasteiger partial charge in [-0.2, -0.15) is 13.2 Å². The summed E-state index contributed by atoms with van der Waals surface area (Å²) < 4.78 is 42.8. The highest BCUT2D eigenvalue weighted by Crippen LogP contribution is 2.30. The number of benzene rings is 1. The summed E-state index contributed by atoms with van der Waals surface area (Å²) >= 11 is 0. The lowest BCUT2D eigenvalue weighted by Crippen LogP contribution is -2.42. The summed E-state index contributed by atoms with van der Waals surface area (Å²) in [5.74, 6) is 0. The van der Waals surface area contributed by atoms with Crippen LogP contribution in [-0.4, -0.2) is 42.4 Å². The number of aliphatic hydroxyl groups is 1. The molecule has 1 fully saturated rings.